The quantitative estimate of drug-likeness (QED) is 0.762. The topological polar surface area (TPSA) is 72.4 Å². The minimum Gasteiger partial charge on any atom is -0.467 e. The second-order valence-corrected chi connectivity index (χ2v) is 7.53. The van der Waals surface area contributed by atoms with Gasteiger partial charge in [-0.2, -0.15) is 13.2 Å². The summed E-state index contributed by atoms with van der Waals surface area (Å²) in [4.78, 5) is 26.9. The number of alkyl halides is 3. The van der Waals surface area contributed by atoms with E-state index in [-0.39, 0.29) is 42.0 Å². The first kappa shape index (κ1) is 17.2. The molecule has 0 unspecified atom stereocenters. The first-order valence-corrected chi connectivity index (χ1v) is 8.58. The largest absolute Gasteiger partial charge is 0.467 e. The van der Waals surface area contributed by atoms with Crippen molar-refractivity contribution in [2.75, 3.05) is 6.61 Å². The third-order valence-corrected chi connectivity index (χ3v) is 6.08. The molecule has 2 bridgehead atoms. The fraction of sp³-hybridized carbons (Fsp3) is 0.647. The lowest BCUT2D eigenvalue weighted by Crippen LogP contribution is -2.38. The van der Waals surface area contributed by atoms with Crippen molar-refractivity contribution in [2.45, 2.75) is 38.9 Å². The lowest BCUT2D eigenvalue weighted by atomic mass is 9.69. The summed E-state index contributed by atoms with van der Waals surface area (Å²) in [5.74, 6) is -0.315. The van der Waals surface area contributed by atoms with Crippen LogP contribution in [-0.2, 0) is 16.1 Å². The number of nitrogens with zero attached hydrogens (tertiary/aromatic N) is 3. The van der Waals surface area contributed by atoms with Crippen molar-refractivity contribution in [1.29, 1.82) is 0 Å². The summed E-state index contributed by atoms with van der Waals surface area (Å²) in [5, 5.41) is 7.38. The Morgan fingerprint density at radius 3 is 2.65 bits per heavy atom. The number of carbonyl (C=O) groups is 2. The van der Waals surface area contributed by atoms with Gasteiger partial charge in [-0.25, -0.2) is 0 Å². The van der Waals surface area contributed by atoms with Gasteiger partial charge in [0.05, 0.1) is 23.6 Å². The third kappa shape index (κ3) is 2.55. The summed E-state index contributed by atoms with van der Waals surface area (Å²) in [6, 6.07) is 2.68. The molecule has 26 heavy (non-hydrogen) atoms. The second kappa shape index (κ2) is 5.65. The zero-order chi connectivity index (χ0) is 18.7. The van der Waals surface area contributed by atoms with Gasteiger partial charge in [0.25, 0.3) is 0 Å². The average Bonchev–Trinajstić information content (AvgIpc) is 3.21. The molecule has 140 valence electrons. The SMILES string of the molecule is C[C@@]12C(=O)N(Cc3ccc(OCC(F)(F)F)nn3)C(=O)[C@@H]1[C@@H]1CC[C@H]2C1. The van der Waals surface area contributed by atoms with Gasteiger partial charge in [0.1, 0.15) is 0 Å². The molecule has 2 saturated carbocycles. The number of likely N-dealkylation sites (tertiary alicyclic amines) is 1. The molecule has 1 aliphatic heterocycles. The molecule has 2 aliphatic carbocycles. The van der Waals surface area contributed by atoms with Gasteiger partial charge in [0.2, 0.25) is 17.7 Å². The van der Waals surface area contributed by atoms with Crippen molar-refractivity contribution >= 4 is 11.8 Å². The van der Waals surface area contributed by atoms with E-state index in [1.807, 2.05) is 6.92 Å². The molecular weight excluding hydrogens is 351 g/mol. The van der Waals surface area contributed by atoms with Crippen LogP contribution in [0.3, 0.4) is 0 Å². The number of rotatable bonds is 4. The molecule has 1 saturated heterocycles. The monoisotopic (exact) mass is 369 g/mol. The van der Waals surface area contributed by atoms with Crippen LogP contribution in [0.5, 0.6) is 5.88 Å². The molecule has 3 fully saturated rings. The number of fused-ring (bicyclic) bond motifs is 5. The molecule has 0 radical (unpaired) electrons. The van der Waals surface area contributed by atoms with Gasteiger partial charge in [-0.05, 0) is 44.1 Å². The first-order valence-electron chi connectivity index (χ1n) is 8.58. The lowest BCUT2D eigenvalue weighted by molar-refractivity contribution is -0.154. The number of ether oxygens (including phenoxy) is 1. The summed E-state index contributed by atoms with van der Waals surface area (Å²) in [6.07, 6.45) is -1.54. The van der Waals surface area contributed by atoms with Crippen molar-refractivity contribution in [2.24, 2.45) is 23.2 Å². The third-order valence-electron chi connectivity index (χ3n) is 6.08. The van der Waals surface area contributed by atoms with E-state index >= 15 is 0 Å². The minimum absolute atomic E-state index is 0.0181. The van der Waals surface area contributed by atoms with Crippen LogP contribution in [0.1, 0.15) is 31.9 Å². The zero-order valence-corrected chi connectivity index (χ0v) is 14.1. The van der Waals surface area contributed by atoms with Crippen LogP contribution in [0, 0.1) is 23.2 Å². The van der Waals surface area contributed by atoms with Crippen molar-refractivity contribution < 1.29 is 27.5 Å². The van der Waals surface area contributed by atoms with Crippen molar-refractivity contribution in [3.8, 4) is 5.88 Å². The molecule has 6 nitrogen and oxygen atoms in total. The molecule has 0 N–H and O–H groups in total. The van der Waals surface area contributed by atoms with Gasteiger partial charge < -0.3 is 4.74 Å². The molecular formula is C17H18F3N3O3. The van der Waals surface area contributed by atoms with Gasteiger partial charge in [-0.1, -0.05) is 0 Å². The average molecular weight is 369 g/mol. The Labute approximate surface area is 147 Å². The maximum atomic E-state index is 12.9. The molecule has 0 aromatic carbocycles. The molecule has 4 rings (SSSR count). The Balaban J connectivity index is 1.46. The molecule has 3 aliphatic rings. The highest BCUT2D eigenvalue weighted by Crippen LogP contribution is 2.63. The van der Waals surface area contributed by atoms with E-state index in [1.165, 1.54) is 17.0 Å². The molecule has 0 spiro atoms. The fourth-order valence-corrected chi connectivity index (χ4v) is 4.91. The van der Waals surface area contributed by atoms with Gasteiger partial charge in [0, 0.05) is 6.07 Å². The summed E-state index contributed by atoms with van der Waals surface area (Å²) < 4.78 is 40.9. The maximum absolute atomic E-state index is 12.9. The molecule has 2 amide bonds. The number of halogens is 3. The van der Waals surface area contributed by atoms with Crippen LogP contribution >= 0.6 is 0 Å². The fourth-order valence-electron chi connectivity index (χ4n) is 4.91. The number of hydrogen-bond acceptors (Lipinski definition) is 5. The van der Waals surface area contributed by atoms with Crippen LogP contribution in [-0.4, -0.2) is 39.7 Å². The van der Waals surface area contributed by atoms with Gasteiger partial charge >= 0.3 is 6.18 Å². The van der Waals surface area contributed by atoms with E-state index < -0.39 is 18.2 Å². The Morgan fingerprint density at radius 1 is 1.27 bits per heavy atom. The molecule has 1 aromatic rings. The Kier molecular flexibility index (Phi) is 3.75. The van der Waals surface area contributed by atoms with Gasteiger partial charge in [-0.3, -0.25) is 14.5 Å². The number of carbonyl (C=O) groups excluding carboxylic acids is 2. The van der Waals surface area contributed by atoms with Crippen molar-refractivity contribution in [3.63, 3.8) is 0 Å². The number of imide groups is 1. The van der Waals surface area contributed by atoms with E-state index in [1.54, 1.807) is 0 Å². The highest BCUT2D eigenvalue weighted by molar-refractivity contribution is 6.08. The van der Waals surface area contributed by atoms with E-state index in [4.69, 9.17) is 0 Å². The predicted molar refractivity (Wildman–Crippen MR) is 81.6 cm³/mol. The maximum Gasteiger partial charge on any atom is 0.422 e. The molecule has 4 atom stereocenters. The standard InChI is InChI=1S/C17H18F3N3O3/c1-16-10-3-2-9(6-10)13(16)14(24)23(15(16)25)7-11-4-5-12(22-21-11)26-8-17(18,19)20/h4-5,9-10,13H,2-3,6-8H2,1H3/t9-,10+,13+,16+/m1/s1. The smallest absolute Gasteiger partial charge is 0.422 e. The van der Waals surface area contributed by atoms with Crippen molar-refractivity contribution in [3.05, 3.63) is 17.8 Å². The lowest BCUT2D eigenvalue weighted by Gasteiger charge is -2.31. The highest BCUT2D eigenvalue weighted by Gasteiger charge is 2.68. The van der Waals surface area contributed by atoms with Crippen molar-refractivity contribution in [1.82, 2.24) is 15.1 Å². The summed E-state index contributed by atoms with van der Waals surface area (Å²) in [5.41, 5.74) is -0.287. The van der Waals surface area contributed by atoms with E-state index in [2.05, 4.69) is 14.9 Å². The van der Waals surface area contributed by atoms with E-state index in [0.29, 0.717) is 5.69 Å². The van der Waals surface area contributed by atoms with Crippen LogP contribution in [0.2, 0.25) is 0 Å². The number of amides is 2. The van der Waals surface area contributed by atoms with Crippen LogP contribution in [0.25, 0.3) is 0 Å². The molecule has 9 heteroatoms. The van der Waals surface area contributed by atoms with Crippen LogP contribution < -0.4 is 4.74 Å². The summed E-state index contributed by atoms with van der Waals surface area (Å²) in [6.45, 7) is 0.421. The number of aromatic nitrogens is 2. The normalized spacial score (nSPS) is 33.1. The van der Waals surface area contributed by atoms with Gasteiger partial charge in [0.15, 0.2) is 6.61 Å². The molecule has 1 aromatic heterocycles. The highest BCUT2D eigenvalue weighted by atomic mass is 19.4. The number of hydrogen-bond donors (Lipinski definition) is 0. The minimum atomic E-state index is -4.46. The Hall–Kier alpha value is -2.19. The van der Waals surface area contributed by atoms with Gasteiger partial charge in [-0.15, -0.1) is 10.2 Å². The second-order valence-electron chi connectivity index (χ2n) is 7.53. The molecule has 2 heterocycles. The van der Waals surface area contributed by atoms with E-state index in [0.717, 1.165) is 19.3 Å². The Morgan fingerprint density at radius 2 is 2.04 bits per heavy atom. The predicted octanol–water partition coefficient (Wildman–Crippen LogP) is 2.34. The van der Waals surface area contributed by atoms with Crippen LogP contribution in [0.4, 0.5) is 13.2 Å². The zero-order valence-electron chi connectivity index (χ0n) is 14.1. The summed E-state index contributed by atoms with van der Waals surface area (Å²) in [7, 11) is 0. The van der Waals surface area contributed by atoms with Crippen LogP contribution in [0.15, 0.2) is 12.1 Å². The Bertz CT molecular complexity index is 752. The first-order chi connectivity index (χ1) is 12.2. The summed E-state index contributed by atoms with van der Waals surface area (Å²) >= 11 is 0. The van der Waals surface area contributed by atoms with E-state index in [9.17, 15) is 22.8 Å².